The number of para-hydroxylation sites is 1. The van der Waals surface area contributed by atoms with Gasteiger partial charge in [0.05, 0.1) is 40.5 Å². The summed E-state index contributed by atoms with van der Waals surface area (Å²) in [7, 11) is 3.13. The molecule has 1 aromatic heterocycles. The summed E-state index contributed by atoms with van der Waals surface area (Å²) in [6, 6.07) is 26.9. The largest absolute Gasteiger partial charge is 0.497 e. The lowest BCUT2D eigenvalue weighted by Gasteiger charge is -2.25. The van der Waals surface area contributed by atoms with Crippen LogP contribution >= 0.6 is 38.9 Å². The summed E-state index contributed by atoms with van der Waals surface area (Å²) in [6.07, 6.45) is 1.78. The van der Waals surface area contributed by atoms with Crippen molar-refractivity contribution in [2.24, 2.45) is 4.99 Å². The second kappa shape index (κ2) is 14.0. The molecule has 0 radical (unpaired) electrons. The number of nitrogens with one attached hydrogen (secondary N) is 1. The Morgan fingerprint density at radius 1 is 1.02 bits per heavy atom. The number of benzene rings is 4. The first-order valence-electron chi connectivity index (χ1n) is 14.5. The van der Waals surface area contributed by atoms with Crippen molar-refractivity contribution in [3.05, 3.63) is 148 Å². The monoisotopic (exact) mass is 729 g/mol. The highest BCUT2D eigenvalue weighted by atomic mass is 79.9. The maximum absolute atomic E-state index is 14.2. The van der Waals surface area contributed by atoms with Crippen LogP contribution in [0, 0.1) is 0 Å². The number of anilines is 1. The Balaban J connectivity index is 1.42. The fourth-order valence-corrected chi connectivity index (χ4v) is 7.15. The number of thiazole rings is 1. The molecule has 8 nitrogen and oxygen atoms in total. The molecule has 2 heterocycles. The molecule has 11 heteroatoms. The van der Waals surface area contributed by atoms with Crippen LogP contribution in [0.3, 0.4) is 0 Å². The van der Waals surface area contributed by atoms with Crippen molar-refractivity contribution < 1.29 is 19.0 Å². The molecular weight excluding hydrogens is 702 g/mol. The molecule has 1 aliphatic heterocycles. The van der Waals surface area contributed by atoms with E-state index in [9.17, 15) is 9.59 Å². The number of ether oxygens (including phenoxy) is 3. The lowest BCUT2D eigenvalue weighted by atomic mass is 9.95. The van der Waals surface area contributed by atoms with E-state index in [4.69, 9.17) is 30.8 Å². The summed E-state index contributed by atoms with van der Waals surface area (Å²) in [6.45, 7) is 2.03. The van der Waals surface area contributed by atoms with Gasteiger partial charge in [0.1, 0.15) is 12.4 Å². The number of carbonyl (C=O) groups is 1. The van der Waals surface area contributed by atoms with Crippen LogP contribution in [0.4, 0.5) is 5.69 Å². The Labute approximate surface area is 288 Å². The Morgan fingerprint density at radius 3 is 2.53 bits per heavy atom. The molecule has 4 aromatic carbocycles. The van der Waals surface area contributed by atoms with Crippen molar-refractivity contribution >= 4 is 56.5 Å². The zero-order valence-corrected chi connectivity index (χ0v) is 28.8. The second-order valence-electron chi connectivity index (χ2n) is 10.6. The predicted octanol–water partition coefficient (Wildman–Crippen LogP) is 6.89. The summed E-state index contributed by atoms with van der Waals surface area (Å²) in [5.41, 5.74) is 3.50. The lowest BCUT2D eigenvalue weighted by Crippen LogP contribution is -2.40. The zero-order chi connectivity index (χ0) is 33.1. The summed E-state index contributed by atoms with van der Waals surface area (Å²) in [5.74, 6) is 1.25. The zero-order valence-electron chi connectivity index (χ0n) is 25.6. The third-order valence-electron chi connectivity index (χ3n) is 7.59. The van der Waals surface area contributed by atoms with Crippen LogP contribution in [0.1, 0.15) is 29.7 Å². The maximum Gasteiger partial charge on any atom is 0.271 e. The van der Waals surface area contributed by atoms with Crippen LogP contribution in [0.15, 0.2) is 117 Å². The molecule has 0 unspecified atom stereocenters. The number of allylic oxidation sites excluding steroid dienone is 1. The van der Waals surface area contributed by atoms with E-state index in [2.05, 4.69) is 21.2 Å². The van der Waals surface area contributed by atoms with Crippen molar-refractivity contribution in [3.8, 4) is 17.2 Å². The van der Waals surface area contributed by atoms with E-state index >= 15 is 0 Å². The number of carbonyl (C=O) groups excluding carboxylic acids is 1. The van der Waals surface area contributed by atoms with E-state index in [1.54, 1.807) is 37.9 Å². The van der Waals surface area contributed by atoms with E-state index in [-0.39, 0.29) is 18.1 Å². The van der Waals surface area contributed by atoms with Crippen LogP contribution in [-0.4, -0.2) is 24.7 Å². The number of fused-ring (bicyclic) bond motifs is 1. The quantitative estimate of drug-likeness (QED) is 0.179. The average Bonchev–Trinajstić information content (AvgIpc) is 3.37. The molecule has 47 heavy (non-hydrogen) atoms. The number of amides is 1. The van der Waals surface area contributed by atoms with Gasteiger partial charge < -0.3 is 19.5 Å². The van der Waals surface area contributed by atoms with Crippen molar-refractivity contribution in [2.75, 3.05) is 19.5 Å². The second-order valence-corrected chi connectivity index (χ2v) is 12.9. The van der Waals surface area contributed by atoms with Gasteiger partial charge in [-0.15, -0.1) is 0 Å². The highest BCUT2D eigenvalue weighted by Crippen LogP contribution is 2.38. The highest BCUT2D eigenvalue weighted by molar-refractivity contribution is 9.10. The lowest BCUT2D eigenvalue weighted by molar-refractivity contribution is -0.113. The minimum atomic E-state index is -0.742. The van der Waals surface area contributed by atoms with Gasteiger partial charge in [0.15, 0.2) is 16.3 Å². The van der Waals surface area contributed by atoms with Gasteiger partial charge in [-0.1, -0.05) is 71.5 Å². The average molecular weight is 731 g/mol. The molecule has 0 fully saturated rings. The first-order chi connectivity index (χ1) is 22.8. The van der Waals surface area contributed by atoms with E-state index < -0.39 is 6.04 Å². The fourth-order valence-electron chi connectivity index (χ4n) is 5.34. The molecule has 0 saturated carbocycles. The summed E-state index contributed by atoms with van der Waals surface area (Å²) >= 11 is 11.2. The van der Waals surface area contributed by atoms with E-state index in [1.165, 1.54) is 11.3 Å². The molecule has 5 aromatic rings. The van der Waals surface area contributed by atoms with Crippen molar-refractivity contribution in [1.29, 1.82) is 0 Å². The van der Waals surface area contributed by atoms with Gasteiger partial charge in [-0.25, -0.2) is 4.99 Å². The minimum Gasteiger partial charge on any atom is -0.497 e. The molecule has 1 aliphatic rings. The predicted molar refractivity (Wildman–Crippen MR) is 188 cm³/mol. The molecule has 238 valence electrons. The van der Waals surface area contributed by atoms with E-state index in [0.29, 0.717) is 64.2 Å². The van der Waals surface area contributed by atoms with Gasteiger partial charge in [-0.3, -0.25) is 14.2 Å². The first-order valence-corrected chi connectivity index (χ1v) is 16.5. The molecule has 0 bridgehead atoms. The third kappa shape index (κ3) is 6.76. The fraction of sp³-hybridized carbons (Fsp3) is 0.139. The molecule has 1 N–H and O–H groups in total. The molecular formula is C36H29BrClN3O5S. The van der Waals surface area contributed by atoms with Crippen molar-refractivity contribution in [1.82, 2.24) is 4.57 Å². The molecule has 1 atom stereocenters. The van der Waals surface area contributed by atoms with E-state index in [1.807, 2.05) is 84.9 Å². The van der Waals surface area contributed by atoms with Gasteiger partial charge in [-0.2, -0.15) is 0 Å². The number of nitrogens with zero attached hydrogens (tertiary/aromatic N) is 2. The Morgan fingerprint density at radius 2 is 1.79 bits per heavy atom. The maximum atomic E-state index is 14.2. The number of hydrogen-bond donors (Lipinski definition) is 1. The van der Waals surface area contributed by atoms with Crippen molar-refractivity contribution in [3.63, 3.8) is 0 Å². The minimum absolute atomic E-state index is 0.246. The van der Waals surface area contributed by atoms with Crippen LogP contribution in [0.5, 0.6) is 17.2 Å². The van der Waals surface area contributed by atoms with Crippen LogP contribution in [-0.2, 0) is 11.4 Å². The Bertz CT molecular complexity index is 2200. The normalized spacial score (nSPS) is 14.3. The molecule has 0 spiro atoms. The highest BCUT2D eigenvalue weighted by Gasteiger charge is 2.33. The van der Waals surface area contributed by atoms with E-state index in [0.717, 1.165) is 5.56 Å². The number of hydrogen-bond acceptors (Lipinski definition) is 7. The summed E-state index contributed by atoms with van der Waals surface area (Å²) in [4.78, 5) is 33.2. The van der Waals surface area contributed by atoms with Crippen molar-refractivity contribution in [2.45, 2.75) is 19.6 Å². The van der Waals surface area contributed by atoms with Gasteiger partial charge in [0.2, 0.25) is 0 Å². The summed E-state index contributed by atoms with van der Waals surface area (Å²) < 4.78 is 19.9. The number of methoxy groups -OCH3 is 2. The smallest absolute Gasteiger partial charge is 0.271 e. The SMILES string of the molecule is COc1cccc([C@@H]2C(C(=O)Nc3ccccc3)=C(C)N=c3s/c(=C\c4cc(Br)c(OCc5ccccc5Cl)c(OC)c4)c(=O)n32)c1. The van der Waals surface area contributed by atoms with Gasteiger partial charge in [0.25, 0.3) is 11.5 Å². The third-order valence-corrected chi connectivity index (χ3v) is 9.53. The Hall–Kier alpha value is -4.64. The molecule has 0 saturated heterocycles. The van der Waals surface area contributed by atoms with Crippen LogP contribution < -0.4 is 34.4 Å². The summed E-state index contributed by atoms with van der Waals surface area (Å²) in [5, 5.41) is 3.58. The first kappa shape index (κ1) is 32.3. The number of rotatable bonds is 9. The molecule has 0 aliphatic carbocycles. The van der Waals surface area contributed by atoms with Crippen LogP contribution in [0.25, 0.3) is 6.08 Å². The van der Waals surface area contributed by atoms with Gasteiger partial charge >= 0.3 is 0 Å². The van der Waals surface area contributed by atoms with Gasteiger partial charge in [-0.05, 0) is 82.5 Å². The molecule has 1 amide bonds. The standard InChI is InChI=1S/C36H29BrClN3O5S/c1-21-31(34(42)40-25-12-5-4-6-13-25)32(23-11-9-14-26(19-23)44-2)41-35(43)30(47-36(41)39-21)18-22-16-27(37)33(29(17-22)45-3)46-20-24-10-7-8-15-28(24)38/h4-19,32H,20H2,1-3H3,(H,40,42)/b30-18-/t32-/m1/s1. The Kier molecular flexibility index (Phi) is 9.63. The molecule has 6 rings (SSSR count). The topological polar surface area (TPSA) is 91.2 Å². The number of halogens is 2. The number of aromatic nitrogens is 1. The van der Waals surface area contributed by atoms with Gasteiger partial charge in [0, 0.05) is 16.3 Å². The van der Waals surface area contributed by atoms with Crippen LogP contribution in [0.2, 0.25) is 5.02 Å².